The van der Waals surface area contributed by atoms with E-state index in [1.807, 2.05) is 0 Å². The summed E-state index contributed by atoms with van der Waals surface area (Å²) < 4.78 is 158. The van der Waals surface area contributed by atoms with Crippen molar-refractivity contribution in [3.8, 4) is 11.5 Å². The Morgan fingerprint density at radius 2 is 1.51 bits per heavy atom. The molecular formula is C29H22F11NO4. The van der Waals surface area contributed by atoms with Crippen LogP contribution in [0.15, 0.2) is 48.5 Å². The van der Waals surface area contributed by atoms with Gasteiger partial charge >= 0.3 is 24.6 Å². The minimum Gasteiger partial charge on any atom is -0.494 e. The van der Waals surface area contributed by atoms with E-state index >= 15 is 0 Å². The van der Waals surface area contributed by atoms with Gasteiger partial charge in [0.1, 0.15) is 17.4 Å². The molecule has 3 aromatic carbocycles. The van der Waals surface area contributed by atoms with Gasteiger partial charge in [-0.1, -0.05) is 12.1 Å². The maximum atomic E-state index is 14.7. The molecule has 0 radical (unpaired) electrons. The Kier molecular flexibility index (Phi) is 10.1. The molecule has 3 aromatic rings. The highest BCUT2D eigenvalue weighted by molar-refractivity contribution is 6.09. The Morgan fingerprint density at radius 1 is 0.889 bits per heavy atom. The second-order valence-electron chi connectivity index (χ2n) is 9.43. The van der Waals surface area contributed by atoms with E-state index in [0.29, 0.717) is 6.07 Å². The Balaban J connectivity index is 2.12. The highest BCUT2D eigenvalue weighted by atomic mass is 19.4. The molecule has 0 aliphatic heterocycles. The summed E-state index contributed by atoms with van der Waals surface area (Å²) in [6, 6.07) is 5.80. The molecule has 0 saturated carbocycles. The Labute approximate surface area is 248 Å². The molecule has 0 aliphatic carbocycles. The molecule has 0 aromatic heterocycles. The minimum atomic E-state index is -6.55. The summed E-state index contributed by atoms with van der Waals surface area (Å²) in [5.74, 6) is -5.74. The van der Waals surface area contributed by atoms with Gasteiger partial charge in [0.2, 0.25) is 0 Å². The number of nitrogens with zero attached hydrogens (tertiary/aromatic N) is 1. The van der Waals surface area contributed by atoms with Crippen LogP contribution in [0.5, 0.6) is 11.5 Å². The van der Waals surface area contributed by atoms with E-state index in [0.717, 1.165) is 37.1 Å². The summed E-state index contributed by atoms with van der Waals surface area (Å²) in [5, 5.41) is 0. The van der Waals surface area contributed by atoms with Crippen molar-refractivity contribution in [3.05, 3.63) is 88.0 Å². The third kappa shape index (κ3) is 6.83. The predicted octanol–water partition coefficient (Wildman–Crippen LogP) is 8.26. The molecule has 244 valence electrons. The lowest BCUT2D eigenvalue weighted by Crippen LogP contribution is -2.50. The van der Waals surface area contributed by atoms with Crippen molar-refractivity contribution in [1.29, 1.82) is 0 Å². The maximum Gasteiger partial charge on any atom is 0.435 e. The fourth-order valence-corrected chi connectivity index (χ4v) is 4.56. The van der Waals surface area contributed by atoms with Crippen LogP contribution in [0.1, 0.15) is 44.3 Å². The second kappa shape index (κ2) is 12.9. The van der Waals surface area contributed by atoms with Crippen LogP contribution in [0, 0.1) is 18.6 Å². The van der Waals surface area contributed by atoms with E-state index in [2.05, 4.69) is 4.74 Å². The van der Waals surface area contributed by atoms with Gasteiger partial charge in [0.25, 0.3) is 5.91 Å². The number of methoxy groups -OCH3 is 1. The SMILES string of the molecule is CCN(C(=O)c1ccc(F)cc1F)c1cccc(C(=O)Cc2c(C)cc(C(F)(C(F)(F)F)C(F)(F)F)cc2OC(F)F)c1OC. The monoisotopic (exact) mass is 657 g/mol. The lowest BCUT2D eigenvalue weighted by Gasteiger charge is -2.31. The van der Waals surface area contributed by atoms with Crippen LogP contribution in [0.4, 0.5) is 54.0 Å². The van der Waals surface area contributed by atoms with E-state index < -0.39 is 82.4 Å². The van der Waals surface area contributed by atoms with E-state index in [1.165, 1.54) is 19.1 Å². The number of halogens is 11. The summed E-state index contributed by atoms with van der Waals surface area (Å²) in [5.41, 5.74) is -10.3. The Bertz CT molecular complexity index is 1570. The highest BCUT2D eigenvalue weighted by Gasteiger charge is 2.73. The summed E-state index contributed by atoms with van der Waals surface area (Å²) in [7, 11) is 1.08. The van der Waals surface area contributed by atoms with Gasteiger partial charge in [0.15, 0.2) is 11.5 Å². The van der Waals surface area contributed by atoms with Gasteiger partial charge < -0.3 is 14.4 Å². The van der Waals surface area contributed by atoms with Crippen molar-refractivity contribution < 1.29 is 67.4 Å². The van der Waals surface area contributed by atoms with Crippen LogP contribution in [0.3, 0.4) is 0 Å². The van der Waals surface area contributed by atoms with Gasteiger partial charge in [-0.3, -0.25) is 9.59 Å². The van der Waals surface area contributed by atoms with E-state index in [9.17, 15) is 57.9 Å². The number of anilines is 1. The number of aryl methyl sites for hydroxylation is 1. The van der Waals surface area contributed by atoms with E-state index in [-0.39, 0.29) is 35.7 Å². The summed E-state index contributed by atoms with van der Waals surface area (Å²) in [4.78, 5) is 27.5. The zero-order chi connectivity index (χ0) is 34.1. The van der Waals surface area contributed by atoms with Crippen molar-refractivity contribution in [2.24, 2.45) is 0 Å². The number of ketones is 1. The lowest BCUT2D eigenvalue weighted by atomic mass is 9.89. The largest absolute Gasteiger partial charge is 0.494 e. The molecule has 0 unspecified atom stereocenters. The van der Waals surface area contributed by atoms with Gasteiger partial charge in [-0.05, 0) is 49.7 Å². The van der Waals surface area contributed by atoms with Gasteiger partial charge in [-0.2, -0.15) is 35.1 Å². The van der Waals surface area contributed by atoms with Gasteiger partial charge in [-0.25, -0.2) is 13.2 Å². The number of Topliss-reactive ketones (excluding diaryl/α,β-unsaturated/α-hetero) is 1. The number of ether oxygens (including phenoxy) is 2. The fraction of sp³-hybridized carbons (Fsp3) is 0.310. The van der Waals surface area contributed by atoms with Crippen LogP contribution < -0.4 is 14.4 Å². The standard InChI is InChI=1S/C29H22F11NO4/c1-4-41(25(43)17-9-8-16(30)12-20(17)31)21-7-5-6-18(24(21)44-3)22(42)13-19-14(2)10-15(11-23(19)45-26(32)33)27(34,28(35,36)37)29(38,39)40/h5-12,26H,4,13H2,1-3H3. The third-order valence-corrected chi connectivity index (χ3v) is 6.68. The van der Waals surface area contributed by atoms with Crippen LogP contribution in [0.2, 0.25) is 0 Å². The minimum absolute atomic E-state index is 0.103. The number of carbonyl (C=O) groups excluding carboxylic acids is 2. The molecule has 0 saturated heterocycles. The first-order valence-corrected chi connectivity index (χ1v) is 12.7. The summed E-state index contributed by atoms with van der Waals surface area (Å²) in [6.45, 7) is -1.60. The average molecular weight is 657 g/mol. The molecule has 0 N–H and O–H groups in total. The normalized spacial score (nSPS) is 12.3. The van der Waals surface area contributed by atoms with Crippen molar-refractivity contribution in [1.82, 2.24) is 0 Å². The van der Waals surface area contributed by atoms with Crippen molar-refractivity contribution in [3.63, 3.8) is 0 Å². The lowest BCUT2D eigenvalue weighted by molar-refractivity contribution is -0.348. The highest BCUT2D eigenvalue weighted by Crippen LogP contribution is 2.54. The molecule has 45 heavy (non-hydrogen) atoms. The Morgan fingerprint density at radius 3 is 2.02 bits per heavy atom. The zero-order valence-corrected chi connectivity index (χ0v) is 23.3. The van der Waals surface area contributed by atoms with E-state index in [4.69, 9.17) is 4.74 Å². The van der Waals surface area contributed by atoms with Crippen LogP contribution >= 0.6 is 0 Å². The quantitative estimate of drug-likeness (QED) is 0.163. The number of para-hydroxylation sites is 1. The fourth-order valence-electron chi connectivity index (χ4n) is 4.56. The molecule has 3 rings (SSSR count). The summed E-state index contributed by atoms with van der Waals surface area (Å²) >= 11 is 0. The van der Waals surface area contributed by atoms with Gasteiger partial charge in [0.05, 0.1) is 23.9 Å². The number of carbonyl (C=O) groups is 2. The first-order valence-electron chi connectivity index (χ1n) is 12.7. The van der Waals surface area contributed by atoms with Crippen molar-refractivity contribution in [2.75, 3.05) is 18.6 Å². The molecule has 5 nitrogen and oxygen atoms in total. The smallest absolute Gasteiger partial charge is 0.435 e. The Hall–Kier alpha value is -4.37. The molecule has 0 bridgehead atoms. The first kappa shape index (κ1) is 35.1. The topological polar surface area (TPSA) is 55.8 Å². The average Bonchev–Trinajstić information content (AvgIpc) is 2.92. The first-order chi connectivity index (χ1) is 20.8. The van der Waals surface area contributed by atoms with Crippen LogP contribution in [-0.2, 0) is 12.1 Å². The zero-order valence-electron chi connectivity index (χ0n) is 23.3. The number of alkyl halides is 9. The van der Waals surface area contributed by atoms with Crippen LogP contribution in [-0.4, -0.2) is 44.3 Å². The molecule has 0 heterocycles. The molecule has 0 atom stereocenters. The number of amides is 1. The van der Waals surface area contributed by atoms with Crippen molar-refractivity contribution >= 4 is 17.4 Å². The number of hydrogen-bond acceptors (Lipinski definition) is 4. The van der Waals surface area contributed by atoms with Crippen LogP contribution in [0.25, 0.3) is 0 Å². The van der Waals surface area contributed by atoms with Crippen molar-refractivity contribution in [2.45, 2.75) is 44.9 Å². The predicted molar refractivity (Wildman–Crippen MR) is 137 cm³/mol. The maximum absolute atomic E-state index is 14.7. The molecule has 0 fully saturated rings. The second-order valence-corrected chi connectivity index (χ2v) is 9.43. The molecule has 16 heteroatoms. The summed E-state index contributed by atoms with van der Waals surface area (Å²) in [6.07, 6.45) is -14.1. The molecule has 0 aliphatic rings. The van der Waals surface area contributed by atoms with Gasteiger partial charge in [-0.15, -0.1) is 0 Å². The third-order valence-electron chi connectivity index (χ3n) is 6.68. The number of hydrogen-bond donors (Lipinski definition) is 0. The number of benzene rings is 3. The number of rotatable bonds is 10. The van der Waals surface area contributed by atoms with E-state index in [1.54, 1.807) is 0 Å². The molecule has 0 spiro atoms. The van der Waals surface area contributed by atoms with Gasteiger partial charge in [0, 0.05) is 30.2 Å². The molecule has 1 amide bonds. The molecular weight excluding hydrogens is 635 g/mol.